The summed E-state index contributed by atoms with van der Waals surface area (Å²) < 4.78 is 17.3. The molecular weight excluding hydrogens is 366 g/mol. The molecule has 1 fully saturated rings. The second-order valence-corrected chi connectivity index (χ2v) is 8.99. The predicted octanol–water partition coefficient (Wildman–Crippen LogP) is 2.28. The fourth-order valence-electron chi connectivity index (χ4n) is 3.41. The highest BCUT2D eigenvalue weighted by molar-refractivity contribution is 7.99. The first kappa shape index (κ1) is 19.8. The molecule has 0 radical (unpaired) electrons. The van der Waals surface area contributed by atoms with Gasteiger partial charge < -0.3 is 30.3 Å². The van der Waals surface area contributed by atoms with Crippen molar-refractivity contribution < 1.29 is 14.2 Å². The summed E-state index contributed by atoms with van der Waals surface area (Å²) in [6, 6.07) is 0.282. The first-order valence-electron chi connectivity index (χ1n) is 8.83. The van der Waals surface area contributed by atoms with E-state index in [0.717, 1.165) is 11.9 Å². The van der Waals surface area contributed by atoms with Crippen molar-refractivity contribution in [1.82, 2.24) is 9.97 Å². The van der Waals surface area contributed by atoms with Crippen molar-refractivity contribution in [3.8, 4) is 11.8 Å². The number of ether oxygens (including phenoxy) is 3. The Morgan fingerprint density at radius 2 is 2.19 bits per heavy atom. The molecule has 1 aromatic rings. The molecule has 0 aliphatic carbocycles. The summed E-state index contributed by atoms with van der Waals surface area (Å²) in [7, 11) is 0. The second-order valence-electron chi connectivity index (χ2n) is 7.56. The molecule has 0 saturated carbocycles. The number of fused-ring (bicyclic) bond motifs is 3. The highest BCUT2D eigenvalue weighted by atomic mass is 32.2. The largest absolute Gasteiger partial charge is 0.485 e. The van der Waals surface area contributed by atoms with Gasteiger partial charge in [-0.05, 0) is 34.0 Å². The number of nitrogens with two attached hydrogens (primary N) is 1. The summed E-state index contributed by atoms with van der Waals surface area (Å²) in [5.41, 5.74) is 5.97. The molecule has 148 valence electrons. The smallest absolute Gasteiger partial charge is 0.324 e. The van der Waals surface area contributed by atoms with Crippen LogP contribution in [0.5, 0.6) is 11.8 Å². The molecule has 3 heterocycles. The first-order chi connectivity index (χ1) is 12.8. The average molecular weight is 394 g/mol. The van der Waals surface area contributed by atoms with E-state index in [0.29, 0.717) is 31.4 Å². The fraction of sp³-hybridized carbons (Fsp3) is 0.611. The average Bonchev–Trinajstić information content (AvgIpc) is 2.64. The molecule has 2 aliphatic heterocycles. The maximum atomic E-state index is 7.41. The van der Waals surface area contributed by atoms with Gasteiger partial charge in [-0.25, -0.2) is 0 Å². The van der Waals surface area contributed by atoms with Crippen LogP contribution in [0.4, 0.5) is 5.82 Å². The minimum Gasteiger partial charge on any atom is -0.485 e. The number of morpholine rings is 1. The first-order valence-corrected chi connectivity index (χ1v) is 10.1. The number of allylic oxidation sites excluding steroid dienone is 1. The molecule has 1 saturated heterocycles. The summed E-state index contributed by atoms with van der Waals surface area (Å²) >= 11 is 1.67. The normalized spacial score (nSPS) is 25.3. The second kappa shape index (κ2) is 7.20. The number of rotatable bonds is 5. The lowest BCUT2D eigenvalue weighted by atomic mass is 9.95. The summed E-state index contributed by atoms with van der Waals surface area (Å²) in [5, 5.41) is 7.41. The van der Waals surface area contributed by atoms with E-state index in [2.05, 4.69) is 42.6 Å². The minimum atomic E-state index is -0.314. The van der Waals surface area contributed by atoms with Crippen LogP contribution in [0, 0.1) is 5.41 Å². The van der Waals surface area contributed by atoms with Crippen LogP contribution in [-0.4, -0.2) is 53.8 Å². The maximum Gasteiger partial charge on any atom is 0.324 e. The molecule has 0 spiro atoms. The number of hydrogen-bond acceptors (Lipinski definition) is 9. The molecule has 0 aromatic carbocycles. The van der Waals surface area contributed by atoms with Crippen molar-refractivity contribution in [2.45, 2.75) is 44.0 Å². The summed E-state index contributed by atoms with van der Waals surface area (Å²) in [5.74, 6) is 1.56. The molecule has 2 aliphatic rings. The highest BCUT2D eigenvalue weighted by Crippen LogP contribution is 2.48. The summed E-state index contributed by atoms with van der Waals surface area (Å²) in [6.45, 7) is 10.1. The molecule has 0 bridgehead atoms. The molecule has 8 nitrogen and oxygen atoms in total. The van der Waals surface area contributed by atoms with Crippen LogP contribution in [0.25, 0.3) is 0 Å². The van der Waals surface area contributed by atoms with Crippen molar-refractivity contribution in [3.05, 3.63) is 17.7 Å². The van der Waals surface area contributed by atoms with Gasteiger partial charge in [0.1, 0.15) is 12.3 Å². The zero-order chi connectivity index (χ0) is 19.8. The van der Waals surface area contributed by atoms with Gasteiger partial charge in [0, 0.05) is 6.20 Å². The molecule has 2 atom stereocenters. The van der Waals surface area contributed by atoms with Crippen LogP contribution in [0.1, 0.15) is 33.4 Å². The Balaban J connectivity index is 2.18. The number of hydrogen-bond donors (Lipinski definition) is 2. The van der Waals surface area contributed by atoms with E-state index in [1.165, 1.54) is 6.20 Å². The number of aromatic nitrogens is 2. The molecule has 0 unspecified atom stereocenters. The molecule has 3 N–H and O–H groups in total. The molecule has 1 aromatic heterocycles. The molecule has 27 heavy (non-hydrogen) atoms. The van der Waals surface area contributed by atoms with E-state index in [-0.39, 0.29) is 28.1 Å². The van der Waals surface area contributed by atoms with E-state index in [1.54, 1.807) is 11.8 Å². The van der Waals surface area contributed by atoms with Crippen molar-refractivity contribution >= 4 is 23.8 Å². The lowest BCUT2D eigenvalue weighted by molar-refractivity contribution is 0.00688. The Hall–Kier alpha value is -2.00. The van der Waals surface area contributed by atoms with Crippen molar-refractivity contribution in [2.75, 3.05) is 31.0 Å². The standard InChI is InChI=1S/C18H27N5O3S/c1-11-8-24-9-18(4)10-25-13-14(17(2,3)27-5)21-16(22-15(13)23(11)18)26-12(6-19)7-20/h6-7,11,19H,8-10,20H2,1-5H3/b12-7+,19-6?/t11-,18+/m1/s1. The van der Waals surface area contributed by atoms with Gasteiger partial charge >= 0.3 is 6.01 Å². The Bertz CT molecular complexity index is 770. The fourth-order valence-corrected chi connectivity index (χ4v) is 3.74. The third-order valence-corrected chi connectivity index (χ3v) is 6.19. The third kappa shape index (κ3) is 3.45. The minimum absolute atomic E-state index is 0.131. The van der Waals surface area contributed by atoms with Crippen LogP contribution in [0.2, 0.25) is 0 Å². The maximum absolute atomic E-state index is 7.41. The third-order valence-electron chi connectivity index (χ3n) is 4.97. The predicted molar refractivity (Wildman–Crippen MR) is 107 cm³/mol. The van der Waals surface area contributed by atoms with Gasteiger partial charge in [-0.15, -0.1) is 0 Å². The Labute approximate surface area is 164 Å². The van der Waals surface area contributed by atoms with Crippen LogP contribution in [0.15, 0.2) is 12.0 Å². The Morgan fingerprint density at radius 1 is 1.44 bits per heavy atom. The van der Waals surface area contributed by atoms with Crippen LogP contribution in [-0.2, 0) is 9.48 Å². The summed E-state index contributed by atoms with van der Waals surface area (Å²) in [4.78, 5) is 11.5. The SMILES string of the molecule is CSC(C)(C)c1nc(O/C(C=N)=C/N)nc2c1OC[C@]1(C)COC[C@@H](C)N21. The lowest BCUT2D eigenvalue weighted by Crippen LogP contribution is -2.64. The zero-order valence-corrected chi connectivity index (χ0v) is 17.2. The highest BCUT2D eigenvalue weighted by Gasteiger charge is 2.47. The van der Waals surface area contributed by atoms with Crippen molar-refractivity contribution in [1.29, 1.82) is 5.41 Å². The van der Waals surface area contributed by atoms with Gasteiger partial charge in [-0.2, -0.15) is 21.7 Å². The van der Waals surface area contributed by atoms with Crippen molar-refractivity contribution in [3.63, 3.8) is 0 Å². The number of nitrogens with one attached hydrogen (secondary N) is 1. The van der Waals surface area contributed by atoms with Gasteiger partial charge in [0.25, 0.3) is 0 Å². The zero-order valence-electron chi connectivity index (χ0n) is 16.4. The number of nitrogens with zero attached hydrogens (tertiary/aromatic N) is 3. The Morgan fingerprint density at radius 3 is 2.81 bits per heavy atom. The van der Waals surface area contributed by atoms with E-state index in [4.69, 9.17) is 25.4 Å². The molecule has 0 amide bonds. The number of thioether (sulfide) groups is 1. The van der Waals surface area contributed by atoms with E-state index < -0.39 is 0 Å². The topological polar surface area (TPSA) is 107 Å². The lowest BCUT2D eigenvalue weighted by Gasteiger charge is -2.51. The van der Waals surface area contributed by atoms with Gasteiger partial charge in [-0.1, -0.05) is 0 Å². The van der Waals surface area contributed by atoms with E-state index >= 15 is 0 Å². The molecular formula is C18H27N5O3S. The number of anilines is 1. The Kier molecular flexibility index (Phi) is 5.27. The summed E-state index contributed by atoms with van der Waals surface area (Å²) in [6.07, 6.45) is 4.27. The monoisotopic (exact) mass is 393 g/mol. The van der Waals surface area contributed by atoms with Gasteiger partial charge in [0.15, 0.2) is 17.3 Å². The van der Waals surface area contributed by atoms with E-state index in [1.807, 2.05) is 6.26 Å². The quantitative estimate of drug-likeness (QED) is 0.580. The van der Waals surface area contributed by atoms with Crippen LogP contribution >= 0.6 is 11.8 Å². The van der Waals surface area contributed by atoms with Gasteiger partial charge in [0.05, 0.1) is 35.8 Å². The molecule has 3 rings (SSSR count). The van der Waals surface area contributed by atoms with Crippen molar-refractivity contribution in [2.24, 2.45) is 5.73 Å². The molecule has 9 heteroatoms. The van der Waals surface area contributed by atoms with Gasteiger partial charge in [0.2, 0.25) is 0 Å². The van der Waals surface area contributed by atoms with Crippen LogP contribution < -0.4 is 20.1 Å². The van der Waals surface area contributed by atoms with Crippen LogP contribution in [0.3, 0.4) is 0 Å². The van der Waals surface area contributed by atoms with Gasteiger partial charge in [-0.3, -0.25) is 0 Å². The van der Waals surface area contributed by atoms with E-state index in [9.17, 15) is 0 Å².